The molecular weight excluding hydrogens is 218 g/mol. The van der Waals surface area contributed by atoms with Gasteiger partial charge in [0.2, 0.25) is 0 Å². The van der Waals surface area contributed by atoms with Crippen LogP contribution in [0.1, 0.15) is 12.5 Å². The molecule has 0 aromatic heterocycles. The van der Waals surface area contributed by atoms with Crippen LogP contribution in [0.5, 0.6) is 0 Å². The lowest BCUT2D eigenvalue weighted by Crippen LogP contribution is -2.14. The van der Waals surface area contributed by atoms with Crippen LogP contribution in [0.25, 0.3) is 5.76 Å². The van der Waals surface area contributed by atoms with E-state index in [1.807, 2.05) is 6.07 Å². The molecule has 17 heavy (non-hydrogen) atoms. The fraction of sp³-hybridized carbons (Fsp3) is 0.231. The van der Waals surface area contributed by atoms with Crippen LogP contribution in [0.4, 0.5) is 0 Å². The van der Waals surface area contributed by atoms with Crippen LogP contribution in [0.15, 0.2) is 40.9 Å². The Morgan fingerprint density at radius 1 is 1.29 bits per heavy atom. The summed E-state index contributed by atoms with van der Waals surface area (Å²) in [7, 11) is 2.82. The lowest BCUT2D eigenvalue weighted by atomic mass is 10.1. The third-order valence-corrected chi connectivity index (χ3v) is 2.37. The number of esters is 1. The van der Waals surface area contributed by atoms with Crippen LogP contribution in [0.3, 0.4) is 0 Å². The number of aliphatic imine (C=N–C) groups is 1. The van der Waals surface area contributed by atoms with Crippen LogP contribution in [0.2, 0.25) is 0 Å². The number of carbonyl (C=O) groups is 1. The van der Waals surface area contributed by atoms with E-state index in [0.29, 0.717) is 11.3 Å². The van der Waals surface area contributed by atoms with Gasteiger partial charge >= 0.3 is 5.97 Å². The van der Waals surface area contributed by atoms with Crippen molar-refractivity contribution in [3.8, 4) is 0 Å². The van der Waals surface area contributed by atoms with Crippen molar-refractivity contribution in [2.24, 2.45) is 4.99 Å². The van der Waals surface area contributed by atoms with Gasteiger partial charge in [-0.05, 0) is 6.92 Å². The van der Waals surface area contributed by atoms with Crippen LogP contribution in [-0.2, 0) is 9.53 Å². The summed E-state index contributed by atoms with van der Waals surface area (Å²) in [6.45, 7) is 1.64. The number of methoxy groups -OCH3 is 1. The molecule has 4 heteroatoms. The van der Waals surface area contributed by atoms with E-state index in [1.54, 1.807) is 38.2 Å². The van der Waals surface area contributed by atoms with Gasteiger partial charge in [-0.15, -0.1) is 0 Å². The molecule has 1 N–H and O–H groups in total. The maximum Gasteiger partial charge on any atom is 0.343 e. The lowest BCUT2D eigenvalue weighted by molar-refractivity contribution is -0.135. The summed E-state index contributed by atoms with van der Waals surface area (Å²) in [5.74, 6) is -0.727. The van der Waals surface area contributed by atoms with Gasteiger partial charge in [0, 0.05) is 18.3 Å². The first-order valence-corrected chi connectivity index (χ1v) is 5.12. The smallest absolute Gasteiger partial charge is 0.343 e. The Hall–Kier alpha value is -2.10. The first-order valence-electron chi connectivity index (χ1n) is 5.12. The molecule has 0 bridgehead atoms. The summed E-state index contributed by atoms with van der Waals surface area (Å²) in [6.07, 6.45) is 0. The summed E-state index contributed by atoms with van der Waals surface area (Å²) in [5.41, 5.74) is 1.07. The molecule has 0 aliphatic rings. The molecule has 0 fully saturated rings. The molecular formula is C13H15NO3. The minimum absolute atomic E-state index is 0.0844. The zero-order valence-corrected chi connectivity index (χ0v) is 10.1. The van der Waals surface area contributed by atoms with Gasteiger partial charge in [0.05, 0.1) is 7.11 Å². The second kappa shape index (κ2) is 5.84. The molecule has 0 spiro atoms. The standard InChI is InChI=1S/C13H15NO3/c1-9(14-2)11(13(16)17-3)12(15)10-7-5-4-6-8-10/h4-8,15H,1-3H3. The summed E-state index contributed by atoms with van der Waals surface area (Å²) >= 11 is 0. The molecule has 4 nitrogen and oxygen atoms in total. The average molecular weight is 233 g/mol. The van der Waals surface area contributed by atoms with E-state index in [-0.39, 0.29) is 11.3 Å². The molecule has 0 saturated heterocycles. The zero-order valence-electron chi connectivity index (χ0n) is 10.1. The first kappa shape index (κ1) is 13.0. The van der Waals surface area contributed by atoms with Crippen molar-refractivity contribution < 1.29 is 14.6 Å². The van der Waals surface area contributed by atoms with Gasteiger partial charge in [-0.2, -0.15) is 0 Å². The topological polar surface area (TPSA) is 58.9 Å². The van der Waals surface area contributed by atoms with E-state index < -0.39 is 5.97 Å². The van der Waals surface area contributed by atoms with Crippen LogP contribution < -0.4 is 0 Å². The third kappa shape index (κ3) is 2.93. The van der Waals surface area contributed by atoms with Gasteiger partial charge in [0.25, 0.3) is 0 Å². The molecule has 0 aliphatic carbocycles. The number of rotatable bonds is 3. The van der Waals surface area contributed by atoms with Crippen molar-refractivity contribution in [2.45, 2.75) is 6.92 Å². The zero-order chi connectivity index (χ0) is 12.8. The minimum Gasteiger partial charge on any atom is -0.506 e. The van der Waals surface area contributed by atoms with Crippen molar-refractivity contribution in [2.75, 3.05) is 14.2 Å². The molecule has 0 atom stereocenters. The van der Waals surface area contributed by atoms with Gasteiger partial charge < -0.3 is 9.84 Å². The molecule has 0 aliphatic heterocycles. The molecule has 90 valence electrons. The SMILES string of the molecule is CN=C(C)C(C(=O)OC)=C(O)c1ccccc1. The van der Waals surface area contributed by atoms with Crippen molar-refractivity contribution in [1.29, 1.82) is 0 Å². The highest BCUT2D eigenvalue weighted by atomic mass is 16.5. The van der Waals surface area contributed by atoms with Gasteiger partial charge in [-0.25, -0.2) is 4.79 Å². The normalized spacial score (nSPS) is 13.0. The van der Waals surface area contributed by atoms with E-state index in [4.69, 9.17) is 0 Å². The molecule has 0 amide bonds. The van der Waals surface area contributed by atoms with Crippen molar-refractivity contribution in [3.63, 3.8) is 0 Å². The Morgan fingerprint density at radius 3 is 2.35 bits per heavy atom. The Balaban J connectivity index is 3.34. The summed E-state index contributed by atoms with van der Waals surface area (Å²) in [4.78, 5) is 15.5. The second-order valence-corrected chi connectivity index (χ2v) is 3.39. The van der Waals surface area contributed by atoms with Crippen molar-refractivity contribution in [3.05, 3.63) is 41.5 Å². The first-order chi connectivity index (χ1) is 8.11. The van der Waals surface area contributed by atoms with Gasteiger partial charge in [0.15, 0.2) is 0 Å². The van der Waals surface area contributed by atoms with E-state index in [0.717, 1.165) is 0 Å². The number of aliphatic hydroxyl groups excluding tert-OH is 1. The van der Waals surface area contributed by atoms with Crippen LogP contribution >= 0.6 is 0 Å². The fourth-order valence-electron chi connectivity index (χ4n) is 1.37. The largest absolute Gasteiger partial charge is 0.506 e. The van der Waals surface area contributed by atoms with Gasteiger partial charge in [-0.1, -0.05) is 30.3 Å². The van der Waals surface area contributed by atoms with Crippen LogP contribution in [0, 0.1) is 0 Å². The number of hydrogen-bond acceptors (Lipinski definition) is 4. The molecule has 0 heterocycles. The van der Waals surface area contributed by atoms with E-state index in [1.165, 1.54) is 7.11 Å². The monoisotopic (exact) mass is 233 g/mol. The number of carbonyl (C=O) groups excluding carboxylic acids is 1. The highest BCUT2D eigenvalue weighted by Crippen LogP contribution is 2.18. The van der Waals surface area contributed by atoms with E-state index >= 15 is 0 Å². The number of nitrogens with zero attached hydrogens (tertiary/aromatic N) is 1. The lowest BCUT2D eigenvalue weighted by Gasteiger charge is -2.08. The Labute approximate surface area is 100 Å². The minimum atomic E-state index is -0.602. The number of ether oxygens (including phenoxy) is 1. The van der Waals surface area contributed by atoms with E-state index in [2.05, 4.69) is 9.73 Å². The van der Waals surface area contributed by atoms with Gasteiger partial charge in [0.1, 0.15) is 11.3 Å². The Bertz CT molecular complexity index is 461. The maximum absolute atomic E-state index is 11.6. The third-order valence-electron chi connectivity index (χ3n) is 2.37. The Morgan fingerprint density at radius 2 is 1.88 bits per heavy atom. The Kier molecular flexibility index (Phi) is 4.46. The number of hydrogen-bond donors (Lipinski definition) is 1. The highest BCUT2D eigenvalue weighted by Gasteiger charge is 2.19. The highest BCUT2D eigenvalue weighted by molar-refractivity contribution is 6.23. The van der Waals surface area contributed by atoms with Gasteiger partial charge in [-0.3, -0.25) is 4.99 Å². The summed E-state index contributed by atoms with van der Waals surface area (Å²) in [5, 5.41) is 10.1. The molecule has 1 rings (SSSR count). The predicted octanol–water partition coefficient (Wildman–Crippen LogP) is 2.22. The van der Waals surface area contributed by atoms with Crippen molar-refractivity contribution in [1.82, 2.24) is 0 Å². The van der Waals surface area contributed by atoms with E-state index in [9.17, 15) is 9.90 Å². The summed E-state index contributed by atoms with van der Waals surface area (Å²) in [6, 6.07) is 8.80. The average Bonchev–Trinajstić information content (AvgIpc) is 2.39. The fourth-order valence-corrected chi connectivity index (χ4v) is 1.37. The molecule has 0 unspecified atom stereocenters. The maximum atomic E-state index is 11.6. The molecule has 0 saturated carbocycles. The molecule has 1 aromatic rings. The molecule has 0 radical (unpaired) electrons. The predicted molar refractivity (Wildman–Crippen MR) is 67.0 cm³/mol. The second-order valence-electron chi connectivity index (χ2n) is 3.39. The molecule has 1 aromatic carbocycles. The van der Waals surface area contributed by atoms with Crippen molar-refractivity contribution >= 4 is 17.4 Å². The quantitative estimate of drug-likeness (QED) is 0.377. The number of aliphatic hydroxyl groups is 1. The number of benzene rings is 1. The van der Waals surface area contributed by atoms with Crippen LogP contribution in [-0.4, -0.2) is 30.9 Å². The summed E-state index contributed by atoms with van der Waals surface area (Å²) < 4.78 is 4.64.